The fraction of sp³-hybridized carbons (Fsp3) is 0.625. The number of amides is 3. The summed E-state index contributed by atoms with van der Waals surface area (Å²) in [5.41, 5.74) is 5.27. The molecule has 78 valence electrons. The Morgan fingerprint density at radius 1 is 1.64 bits per heavy atom. The number of carbonyl (C=O) groups is 2. The maximum atomic E-state index is 11.6. The molecule has 0 spiro atoms. The second-order valence-corrected chi connectivity index (χ2v) is 3.71. The van der Waals surface area contributed by atoms with E-state index in [0.717, 1.165) is 11.3 Å². The zero-order valence-corrected chi connectivity index (χ0v) is 8.76. The summed E-state index contributed by atoms with van der Waals surface area (Å²) in [5, 5.41) is 2.58. The maximum absolute atomic E-state index is 11.6. The molecule has 0 saturated carbocycles. The van der Waals surface area contributed by atoms with Crippen molar-refractivity contribution in [1.29, 1.82) is 0 Å². The standard InChI is InChI=1S/C8H13N3O2S/c1-2-3-5-7(12)11(4-6(9)14)8(13)10-5/h5H,2-4H2,1H3,(H2,9,14)(H,10,13). The molecule has 0 aromatic carbocycles. The zero-order chi connectivity index (χ0) is 10.7. The lowest BCUT2D eigenvalue weighted by atomic mass is 10.2. The third-order valence-electron chi connectivity index (χ3n) is 2.00. The second kappa shape index (κ2) is 4.36. The Kier molecular flexibility index (Phi) is 3.40. The van der Waals surface area contributed by atoms with E-state index < -0.39 is 12.1 Å². The number of nitrogens with two attached hydrogens (primary N) is 1. The van der Waals surface area contributed by atoms with Gasteiger partial charge < -0.3 is 11.1 Å². The van der Waals surface area contributed by atoms with Crippen LogP contribution in [-0.4, -0.2) is 34.4 Å². The minimum absolute atomic E-state index is 0.0280. The normalized spacial score (nSPS) is 21.2. The fourth-order valence-electron chi connectivity index (χ4n) is 1.37. The molecule has 5 nitrogen and oxygen atoms in total. The van der Waals surface area contributed by atoms with Crippen LogP contribution in [0.1, 0.15) is 19.8 Å². The smallest absolute Gasteiger partial charge is 0.325 e. The summed E-state index contributed by atoms with van der Waals surface area (Å²) < 4.78 is 0. The van der Waals surface area contributed by atoms with Crippen LogP contribution in [0.2, 0.25) is 0 Å². The highest BCUT2D eigenvalue weighted by Crippen LogP contribution is 2.10. The van der Waals surface area contributed by atoms with Gasteiger partial charge in [-0.3, -0.25) is 9.69 Å². The van der Waals surface area contributed by atoms with Gasteiger partial charge in [0.25, 0.3) is 5.91 Å². The van der Waals surface area contributed by atoms with Crippen LogP contribution >= 0.6 is 12.2 Å². The number of urea groups is 1. The second-order valence-electron chi connectivity index (χ2n) is 3.18. The van der Waals surface area contributed by atoms with Gasteiger partial charge in [0.1, 0.15) is 6.04 Å². The molecular formula is C8H13N3O2S. The summed E-state index contributed by atoms with van der Waals surface area (Å²) in [6.45, 7) is 1.98. The summed E-state index contributed by atoms with van der Waals surface area (Å²) in [4.78, 5) is 24.1. The Labute approximate surface area is 87.6 Å². The molecule has 1 saturated heterocycles. The minimum atomic E-state index is -0.402. The molecule has 1 rings (SSSR count). The van der Waals surface area contributed by atoms with Crippen molar-refractivity contribution in [3.05, 3.63) is 0 Å². The van der Waals surface area contributed by atoms with Crippen LogP contribution in [0.5, 0.6) is 0 Å². The molecule has 1 unspecified atom stereocenters. The first-order chi connectivity index (χ1) is 6.56. The molecule has 0 aromatic heterocycles. The summed E-state index contributed by atoms with van der Waals surface area (Å²) in [6.07, 6.45) is 1.50. The summed E-state index contributed by atoms with van der Waals surface area (Å²) in [6, 6.07) is -0.803. The van der Waals surface area contributed by atoms with Crippen LogP contribution < -0.4 is 11.1 Å². The number of rotatable bonds is 4. The highest BCUT2D eigenvalue weighted by atomic mass is 32.1. The van der Waals surface area contributed by atoms with E-state index in [9.17, 15) is 9.59 Å². The average Bonchev–Trinajstić information content (AvgIpc) is 2.33. The van der Waals surface area contributed by atoms with Gasteiger partial charge in [-0.25, -0.2) is 4.79 Å². The van der Waals surface area contributed by atoms with E-state index in [1.807, 2.05) is 6.92 Å². The summed E-state index contributed by atoms with van der Waals surface area (Å²) >= 11 is 4.65. The molecule has 0 aliphatic carbocycles. The van der Waals surface area contributed by atoms with Crippen molar-refractivity contribution in [2.24, 2.45) is 5.73 Å². The third kappa shape index (κ3) is 2.20. The summed E-state index contributed by atoms with van der Waals surface area (Å²) in [7, 11) is 0. The van der Waals surface area contributed by atoms with Gasteiger partial charge in [-0.15, -0.1) is 0 Å². The van der Waals surface area contributed by atoms with E-state index in [0.29, 0.717) is 6.42 Å². The molecule has 1 fully saturated rings. The lowest BCUT2D eigenvalue weighted by Crippen LogP contribution is -2.38. The molecule has 0 radical (unpaired) electrons. The van der Waals surface area contributed by atoms with Crippen molar-refractivity contribution in [2.45, 2.75) is 25.8 Å². The maximum Gasteiger partial charge on any atom is 0.325 e. The molecule has 1 atom stereocenters. The van der Waals surface area contributed by atoms with Gasteiger partial charge >= 0.3 is 6.03 Å². The number of carbonyl (C=O) groups excluding carboxylic acids is 2. The van der Waals surface area contributed by atoms with E-state index in [-0.39, 0.29) is 17.4 Å². The lowest BCUT2D eigenvalue weighted by molar-refractivity contribution is -0.127. The van der Waals surface area contributed by atoms with E-state index in [1.54, 1.807) is 0 Å². The molecule has 1 heterocycles. The Morgan fingerprint density at radius 3 is 2.79 bits per heavy atom. The first-order valence-electron chi connectivity index (χ1n) is 4.46. The largest absolute Gasteiger partial charge is 0.392 e. The first kappa shape index (κ1) is 10.9. The van der Waals surface area contributed by atoms with E-state index in [1.165, 1.54) is 0 Å². The van der Waals surface area contributed by atoms with Gasteiger partial charge in [0.05, 0.1) is 11.5 Å². The molecular weight excluding hydrogens is 202 g/mol. The van der Waals surface area contributed by atoms with Crippen molar-refractivity contribution >= 4 is 29.1 Å². The average molecular weight is 215 g/mol. The molecule has 3 N–H and O–H groups in total. The van der Waals surface area contributed by atoms with Crippen molar-refractivity contribution in [2.75, 3.05) is 6.54 Å². The first-order valence-corrected chi connectivity index (χ1v) is 4.87. The molecule has 14 heavy (non-hydrogen) atoms. The van der Waals surface area contributed by atoms with Gasteiger partial charge in [0.2, 0.25) is 0 Å². The van der Waals surface area contributed by atoms with Gasteiger partial charge in [0.15, 0.2) is 0 Å². The lowest BCUT2D eigenvalue weighted by Gasteiger charge is -2.10. The van der Waals surface area contributed by atoms with Gasteiger partial charge in [-0.2, -0.15) is 0 Å². The molecule has 0 bridgehead atoms. The Hall–Kier alpha value is -1.17. The number of thiocarbonyl (C=S) groups is 1. The van der Waals surface area contributed by atoms with Gasteiger partial charge in [-0.05, 0) is 6.42 Å². The van der Waals surface area contributed by atoms with Crippen LogP contribution in [0.25, 0.3) is 0 Å². The van der Waals surface area contributed by atoms with Crippen LogP contribution in [0.15, 0.2) is 0 Å². The quantitative estimate of drug-likeness (QED) is 0.511. The highest BCUT2D eigenvalue weighted by Gasteiger charge is 2.37. The number of imide groups is 1. The van der Waals surface area contributed by atoms with Gasteiger partial charge in [-0.1, -0.05) is 25.6 Å². The van der Waals surface area contributed by atoms with Crippen LogP contribution in [0, 0.1) is 0 Å². The van der Waals surface area contributed by atoms with E-state index in [4.69, 9.17) is 5.73 Å². The summed E-state index contributed by atoms with van der Waals surface area (Å²) in [5.74, 6) is -0.232. The zero-order valence-electron chi connectivity index (χ0n) is 7.95. The predicted molar refractivity (Wildman–Crippen MR) is 55.7 cm³/mol. The van der Waals surface area contributed by atoms with Crippen molar-refractivity contribution < 1.29 is 9.59 Å². The van der Waals surface area contributed by atoms with Crippen molar-refractivity contribution in [3.63, 3.8) is 0 Å². The Bertz CT molecular complexity index is 280. The monoisotopic (exact) mass is 215 g/mol. The number of nitrogens with one attached hydrogen (secondary N) is 1. The molecule has 3 amide bonds. The molecule has 1 aliphatic heterocycles. The molecule has 0 aromatic rings. The molecule has 1 aliphatic rings. The Morgan fingerprint density at radius 2 is 2.29 bits per heavy atom. The highest BCUT2D eigenvalue weighted by molar-refractivity contribution is 7.80. The van der Waals surface area contributed by atoms with Gasteiger partial charge in [0, 0.05) is 0 Å². The van der Waals surface area contributed by atoms with E-state index in [2.05, 4.69) is 17.5 Å². The fourth-order valence-corrected chi connectivity index (χ4v) is 1.50. The molecule has 6 heteroatoms. The minimum Gasteiger partial charge on any atom is -0.392 e. The predicted octanol–water partition coefficient (Wildman–Crippen LogP) is -0.00700. The van der Waals surface area contributed by atoms with Crippen LogP contribution in [0.3, 0.4) is 0 Å². The van der Waals surface area contributed by atoms with Crippen molar-refractivity contribution in [1.82, 2.24) is 10.2 Å². The number of hydrogen-bond acceptors (Lipinski definition) is 3. The SMILES string of the molecule is CCCC1NC(=O)N(CC(N)=S)C1=O. The van der Waals surface area contributed by atoms with Crippen LogP contribution in [0.4, 0.5) is 4.79 Å². The topological polar surface area (TPSA) is 75.4 Å². The number of nitrogens with zero attached hydrogens (tertiary/aromatic N) is 1. The number of hydrogen-bond donors (Lipinski definition) is 2. The van der Waals surface area contributed by atoms with Crippen LogP contribution in [-0.2, 0) is 4.79 Å². The van der Waals surface area contributed by atoms with Crippen molar-refractivity contribution in [3.8, 4) is 0 Å². The Balaban J connectivity index is 2.65. The third-order valence-corrected chi connectivity index (χ3v) is 2.13. The van der Waals surface area contributed by atoms with E-state index >= 15 is 0 Å².